The Balaban J connectivity index is 2.08. The molecule has 96 valence electrons. The van der Waals surface area contributed by atoms with Crippen LogP contribution in [0.1, 0.15) is 32.6 Å². The zero-order valence-corrected chi connectivity index (χ0v) is 10.1. The van der Waals surface area contributed by atoms with Crippen molar-refractivity contribution in [3.63, 3.8) is 0 Å². The summed E-state index contributed by atoms with van der Waals surface area (Å²) in [4.78, 5) is 24.2. The molecule has 0 saturated carbocycles. The first kappa shape index (κ1) is 13.9. The van der Waals surface area contributed by atoms with Crippen molar-refractivity contribution in [2.45, 2.75) is 32.6 Å². The van der Waals surface area contributed by atoms with Crippen LogP contribution in [0.4, 0.5) is 0 Å². The van der Waals surface area contributed by atoms with Gasteiger partial charge >= 0.3 is 0 Å². The van der Waals surface area contributed by atoms with Crippen molar-refractivity contribution in [1.82, 2.24) is 4.90 Å². The van der Waals surface area contributed by atoms with Gasteiger partial charge in [-0.3, -0.25) is 14.5 Å². The molecule has 1 rings (SSSR count). The molecule has 0 unspecified atom stereocenters. The largest absolute Gasteiger partial charge is 0.371 e. The summed E-state index contributed by atoms with van der Waals surface area (Å²) < 4.78 is 4.79. The molecule has 0 aromatic carbocycles. The Kier molecular flexibility index (Phi) is 5.86. The van der Waals surface area contributed by atoms with Crippen LogP contribution in [0.5, 0.6) is 0 Å². The summed E-state index contributed by atoms with van der Waals surface area (Å²) in [6, 6.07) is 0. The van der Waals surface area contributed by atoms with E-state index < -0.39 is 0 Å². The lowest BCUT2D eigenvalue weighted by atomic mass is 10.2. The lowest BCUT2D eigenvalue weighted by Gasteiger charge is -2.13. The fraction of sp³-hybridized carbons (Fsp3) is 0.667. The van der Waals surface area contributed by atoms with Crippen LogP contribution in [0.15, 0.2) is 11.6 Å². The molecule has 0 fully saturated rings. The van der Waals surface area contributed by atoms with E-state index in [0.29, 0.717) is 18.7 Å². The van der Waals surface area contributed by atoms with E-state index >= 15 is 0 Å². The molecule has 5 nitrogen and oxygen atoms in total. The molecule has 0 aromatic heterocycles. The minimum absolute atomic E-state index is 0.168. The second-order valence-electron chi connectivity index (χ2n) is 4.07. The first-order valence-electron chi connectivity index (χ1n) is 5.89. The summed E-state index contributed by atoms with van der Waals surface area (Å²) in [7, 11) is 0. The number of carbonyl (C=O) groups excluding carboxylic acids is 2. The molecule has 2 amide bonds. The van der Waals surface area contributed by atoms with Crippen molar-refractivity contribution in [2.75, 3.05) is 19.9 Å². The van der Waals surface area contributed by atoms with Crippen LogP contribution in [0.3, 0.4) is 0 Å². The lowest BCUT2D eigenvalue weighted by Crippen LogP contribution is -2.31. The van der Waals surface area contributed by atoms with Crippen LogP contribution in [-0.2, 0) is 14.3 Å². The fourth-order valence-electron chi connectivity index (χ4n) is 1.74. The Morgan fingerprint density at radius 3 is 2.53 bits per heavy atom. The second-order valence-corrected chi connectivity index (χ2v) is 4.07. The van der Waals surface area contributed by atoms with Crippen LogP contribution in [0, 0.1) is 0 Å². The third kappa shape index (κ3) is 4.28. The van der Waals surface area contributed by atoms with Crippen LogP contribution >= 0.6 is 0 Å². The first-order valence-corrected chi connectivity index (χ1v) is 5.89. The third-order valence-corrected chi connectivity index (χ3v) is 2.70. The highest BCUT2D eigenvalue weighted by atomic mass is 16.6. The van der Waals surface area contributed by atoms with Crippen molar-refractivity contribution >= 4 is 11.8 Å². The monoisotopic (exact) mass is 241 g/mol. The van der Waals surface area contributed by atoms with E-state index in [1.165, 1.54) is 11.0 Å². The Hall–Kier alpha value is -1.20. The number of unbranched alkanes of at least 4 members (excludes halogenated alkanes) is 3. The van der Waals surface area contributed by atoms with Crippen molar-refractivity contribution in [2.24, 2.45) is 0 Å². The van der Waals surface area contributed by atoms with Gasteiger partial charge in [-0.2, -0.15) is 0 Å². The first-order chi connectivity index (χ1) is 8.16. The second kappa shape index (κ2) is 7.19. The van der Waals surface area contributed by atoms with Gasteiger partial charge in [-0.25, -0.2) is 0 Å². The molecule has 1 N–H and O–H groups in total. The van der Waals surface area contributed by atoms with Gasteiger partial charge in [0.1, 0.15) is 6.79 Å². The van der Waals surface area contributed by atoms with E-state index in [1.54, 1.807) is 6.92 Å². The average molecular weight is 241 g/mol. The maximum atomic E-state index is 11.5. The molecular weight excluding hydrogens is 222 g/mol. The fourth-order valence-corrected chi connectivity index (χ4v) is 1.74. The minimum Gasteiger partial charge on any atom is -0.371 e. The van der Waals surface area contributed by atoms with Crippen molar-refractivity contribution in [3.05, 3.63) is 11.6 Å². The predicted octanol–water partition coefficient (Wildman–Crippen LogP) is 0.828. The third-order valence-electron chi connectivity index (χ3n) is 2.70. The number of carbonyl (C=O) groups is 2. The highest BCUT2D eigenvalue weighted by Gasteiger charge is 2.27. The van der Waals surface area contributed by atoms with Gasteiger partial charge in [0.15, 0.2) is 0 Å². The summed E-state index contributed by atoms with van der Waals surface area (Å²) in [5.41, 5.74) is 0.520. The van der Waals surface area contributed by atoms with Crippen LogP contribution in [-0.4, -0.2) is 41.8 Å². The van der Waals surface area contributed by atoms with Crippen molar-refractivity contribution < 1.29 is 19.4 Å². The Morgan fingerprint density at radius 1 is 1.24 bits per heavy atom. The van der Waals surface area contributed by atoms with E-state index in [1.807, 2.05) is 0 Å². The van der Waals surface area contributed by atoms with Crippen molar-refractivity contribution in [3.8, 4) is 0 Å². The van der Waals surface area contributed by atoms with E-state index in [0.717, 1.165) is 25.7 Å². The Morgan fingerprint density at radius 2 is 1.94 bits per heavy atom. The SMILES string of the molecule is CC1=CC(=O)N(CCCCCCOCO)C1=O. The number of imide groups is 1. The zero-order valence-electron chi connectivity index (χ0n) is 10.1. The molecular formula is C12H19NO4. The predicted molar refractivity (Wildman–Crippen MR) is 62.0 cm³/mol. The molecule has 0 saturated heterocycles. The molecule has 0 spiro atoms. The van der Waals surface area contributed by atoms with Gasteiger partial charge < -0.3 is 9.84 Å². The van der Waals surface area contributed by atoms with Crippen LogP contribution in [0.25, 0.3) is 0 Å². The number of ether oxygens (including phenoxy) is 1. The quantitative estimate of drug-likeness (QED) is 0.388. The summed E-state index contributed by atoms with van der Waals surface area (Å²) >= 11 is 0. The number of hydrogen-bond donors (Lipinski definition) is 1. The summed E-state index contributed by atoms with van der Waals surface area (Å²) in [5.74, 6) is -0.366. The standard InChI is InChI=1S/C12H19NO4/c1-10-8-11(15)13(12(10)16)6-4-2-3-5-7-17-9-14/h8,14H,2-7,9H2,1H3. The van der Waals surface area contributed by atoms with Gasteiger partial charge in [-0.1, -0.05) is 12.8 Å². The topological polar surface area (TPSA) is 66.8 Å². The number of nitrogens with zero attached hydrogens (tertiary/aromatic N) is 1. The molecule has 0 aromatic rings. The molecule has 0 aliphatic carbocycles. The number of aliphatic hydroxyl groups excluding tert-OH is 1. The van der Waals surface area contributed by atoms with Crippen molar-refractivity contribution in [1.29, 1.82) is 0 Å². The van der Waals surface area contributed by atoms with Crippen LogP contribution < -0.4 is 0 Å². The van der Waals surface area contributed by atoms with Crippen LogP contribution in [0.2, 0.25) is 0 Å². The highest BCUT2D eigenvalue weighted by Crippen LogP contribution is 2.13. The molecule has 1 aliphatic heterocycles. The maximum absolute atomic E-state index is 11.5. The van der Waals surface area contributed by atoms with E-state index in [2.05, 4.69) is 0 Å². The normalized spacial score (nSPS) is 15.6. The van der Waals surface area contributed by atoms with Gasteiger partial charge in [0.05, 0.1) is 0 Å². The summed E-state index contributed by atoms with van der Waals surface area (Å²) in [5, 5.41) is 8.39. The van der Waals surface area contributed by atoms with E-state index in [4.69, 9.17) is 9.84 Å². The van der Waals surface area contributed by atoms with E-state index in [-0.39, 0.29) is 18.6 Å². The minimum atomic E-state index is -0.234. The number of aliphatic hydroxyl groups is 1. The molecule has 17 heavy (non-hydrogen) atoms. The Bertz CT molecular complexity index is 312. The van der Waals surface area contributed by atoms with Gasteiger partial charge in [0.25, 0.3) is 11.8 Å². The summed E-state index contributed by atoms with van der Waals surface area (Å²) in [6.07, 6.45) is 5.02. The zero-order chi connectivity index (χ0) is 12.7. The molecule has 1 heterocycles. The molecule has 1 aliphatic rings. The summed E-state index contributed by atoms with van der Waals surface area (Å²) in [6.45, 7) is 2.47. The molecule has 0 radical (unpaired) electrons. The lowest BCUT2D eigenvalue weighted by molar-refractivity contribution is -0.137. The molecule has 5 heteroatoms. The Labute approximate surface area is 101 Å². The maximum Gasteiger partial charge on any atom is 0.256 e. The number of rotatable bonds is 8. The van der Waals surface area contributed by atoms with Gasteiger partial charge in [-0.05, 0) is 19.8 Å². The highest BCUT2D eigenvalue weighted by molar-refractivity contribution is 6.15. The molecule has 0 atom stereocenters. The number of amides is 2. The van der Waals surface area contributed by atoms with Gasteiger partial charge in [0.2, 0.25) is 0 Å². The van der Waals surface area contributed by atoms with Gasteiger partial charge in [-0.15, -0.1) is 0 Å². The molecule has 0 bridgehead atoms. The number of hydrogen-bond acceptors (Lipinski definition) is 4. The smallest absolute Gasteiger partial charge is 0.256 e. The average Bonchev–Trinajstić information content (AvgIpc) is 2.54. The van der Waals surface area contributed by atoms with E-state index in [9.17, 15) is 9.59 Å². The van der Waals surface area contributed by atoms with Gasteiger partial charge in [0, 0.05) is 24.8 Å².